The van der Waals surface area contributed by atoms with Gasteiger partial charge in [0.15, 0.2) is 0 Å². The van der Waals surface area contributed by atoms with Gasteiger partial charge in [0, 0.05) is 12.8 Å². The number of esters is 1. The maximum Gasteiger partial charge on any atom is 0.411 e. The molecule has 34 heavy (non-hydrogen) atoms. The van der Waals surface area contributed by atoms with Crippen molar-refractivity contribution in [1.82, 2.24) is 10.2 Å². The third-order valence-electron chi connectivity index (χ3n) is 5.82. The summed E-state index contributed by atoms with van der Waals surface area (Å²) >= 11 is 0. The van der Waals surface area contributed by atoms with Gasteiger partial charge in [-0.2, -0.15) is 5.26 Å². The number of nitrogens with one attached hydrogen (secondary N) is 1. The SMILES string of the molecule is COC(=O)[C@H](CCCCC#N)NC(=O)[C@@H]1Cc2ccccc2CN1C(=O)OCc1ccccc1. The van der Waals surface area contributed by atoms with Crippen LogP contribution < -0.4 is 5.32 Å². The molecule has 1 heterocycles. The zero-order valence-corrected chi connectivity index (χ0v) is 19.2. The lowest BCUT2D eigenvalue weighted by atomic mass is 9.93. The number of methoxy groups -OCH3 is 1. The highest BCUT2D eigenvalue weighted by molar-refractivity contribution is 5.90. The molecule has 3 rings (SSSR count). The molecule has 0 fully saturated rings. The molecule has 0 saturated carbocycles. The average Bonchev–Trinajstić information content (AvgIpc) is 2.88. The molecule has 1 aliphatic heterocycles. The Morgan fingerprint density at radius 1 is 1.09 bits per heavy atom. The molecule has 1 aliphatic rings. The lowest BCUT2D eigenvalue weighted by Gasteiger charge is -2.35. The van der Waals surface area contributed by atoms with Gasteiger partial charge in [-0.25, -0.2) is 9.59 Å². The number of ether oxygens (including phenoxy) is 2. The highest BCUT2D eigenvalue weighted by Crippen LogP contribution is 2.25. The molecule has 0 bridgehead atoms. The second-order valence-corrected chi connectivity index (χ2v) is 8.14. The van der Waals surface area contributed by atoms with Gasteiger partial charge in [0.05, 0.1) is 19.7 Å². The Hall–Kier alpha value is -3.86. The molecule has 2 atom stereocenters. The van der Waals surface area contributed by atoms with Crippen molar-refractivity contribution in [2.75, 3.05) is 7.11 Å². The number of benzene rings is 2. The monoisotopic (exact) mass is 463 g/mol. The van der Waals surface area contributed by atoms with Crippen molar-refractivity contribution in [2.45, 2.75) is 57.3 Å². The smallest absolute Gasteiger partial charge is 0.411 e. The number of nitrogens with zero attached hydrogens (tertiary/aromatic N) is 2. The zero-order chi connectivity index (χ0) is 24.3. The zero-order valence-electron chi connectivity index (χ0n) is 19.2. The number of carbonyl (C=O) groups is 3. The number of rotatable bonds is 9. The lowest BCUT2D eigenvalue weighted by molar-refractivity contribution is -0.146. The number of unbranched alkanes of at least 4 members (excludes halogenated alkanes) is 2. The van der Waals surface area contributed by atoms with Crippen molar-refractivity contribution in [2.24, 2.45) is 0 Å². The minimum atomic E-state index is -0.851. The van der Waals surface area contributed by atoms with E-state index in [-0.39, 0.29) is 13.2 Å². The van der Waals surface area contributed by atoms with Gasteiger partial charge < -0.3 is 14.8 Å². The third kappa shape index (κ3) is 6.58. The first-order valence-electron chi connectivity index (χ1n) is 11.3. The molecule has 1 N–H and O–H groups in total. The summed E-state index contributed by atoms with van der Waals surface area (Å²) in [5, 5.41) is 11.5. The molecule has 0 saturated heterocycles. The summed E-state index contributed by atoms with van der Waals surface area (Å²) in [6.45, 7) is 0.322. The summed E-state index contributed by atoms with van der Waals surface area (Å²) < 4.78 is 10.4. The quantitative estimate of drug-likeness (QED) is 0.450. The Bertz CT molecular complexity index is 1030. The van der Waals surface area contributed by atoms with Gasteiger partial charge in [-0.05, 0) is 36.0 Å². The van der Waals surface area contributed by atoms with E-state index in [2.05, 4.69) is 11.4 Å². The van der Waals surface area contributed by atoms with Crippen LogP contribution in [0.2, 0.25) is 0 Å². The van der Waals surface area contributed by atoms with Gasteiger partial charge in [0.25, 0.3) is 0 Å². The lowest BCUT2D eigenvalue weighted by Crippen LogP contribution is -2.55. The maximum absolute atomic E-state index is 13.3. The molecule has 0 aliphatic carbocycles. The Morgan fingerprint density at radius 2 is 1.79 bits per heavy atom. The molecular formula is C26H29N3O5. The van der Waals surface area contributed by atoms with Crippen LogP contribution in [0.5, 0.6) is 0 Å². The van der Waals surface area contributed by atoms with Crippen molar-refractivity contribution in [1.29, 1.82) is 5.26 Å². The largest absolute Gasteiger partial charge is 0.467 e. The molecular weight excluding hydrogens is 434 g/mol. The van der Waals surface area contributed by atoms with E-state index in [0.717, 1.165) is 16.7 Å². The number of fused-ring (bicyclic) bond motifs is 1. The van der Waals surface area contributed by atoms with E-state index < -0.39 is 30.1 Å². The van der Waals surface area contributed by atoms with Crippen LogP contribution in [0.1, 0.15) is 42.4 Å². The summed E-state index contributed by atoms with van der Waals surface area (Å²) in [7, 11) is 1.26. The predicted molar refractivity (Wildman–Crippen MR) is 124 cm³/mol. The summed E-state index contributed by atoms with van der Waals surface area (Å²) in [5.74, 6) is -0.999. The number of hydrogen-bond acceptors (Lipinski definition) is 6. The van der Waals surface area contributed by atoms with Gasteiger partial charge in [0.1, 0.15) is 18.7 Å². The van der Waals surface area contributed by atoms with Crippen LogP contribution in [0.15, 0.2) is 54.6 Å². The normalized spacial score (nSPS) is 15.4. The van der Waals surface area contributed by atoms with Crippen molar-refractivity contribution in [3.05, 3.63) is 71.3 Å². The first kappa shape index (κ1) is 24.8. The maximum atomic E-state index is 13.3. The molecule has 0 radical (unpaired) electrons. The van der Waals surface area contributed by atoms with Crippen LogP contribution in [0.3, 0.4) is 0 Å². The number of amides is 2. The summed E-state index contributed by atoms with van der Waals surface area (Å²) in [5.41, 5.74) is 2.76. The molecule has 8 heteroatoms. The van der Waals surface area contributed by atoms with Gasteiger partial charge in [-0.3, -0.25) is 9.69 Å². The van der Waals surface area contributed by atoms with Gasteiger partial charge in [-0.1, -0.05) is 54.6 Å². The highest BCUT2D eigenvalue weighted by Gasteiger charge is 2.37. The second kappa shape index (κ2) is 12.4. The standard InChI is InChI=1S/C26H29N3O5/c1-33-25(31)22(14-6-3-9-15-27)28-24(30)23-16-20-12-7-8-13-21(20)17-29(23)26(32)34-18-19-10-4-2-5-11-19/h2,4-5,7-8,10-13,22-23H,3,6,9,14,16-18H2,1H3,(H,28,30)/t22-,23-/m0/s1. The fourth-order valence-electron chi connectivity index (χ4n) is 3.96. The fraction of sp³-hybridized carbons (Fsp3) is 0.385. The Morgan fingerprint density at radius 3 is 2.50 bits per heavy atom. The summed E-state index contributed by atoms with van der Waals surface area (Å²) in [4.78, 5) is 40.0. The topological polar surface area (TPSA) is 109 Å². The first-order chi connectivity index (χ1) is 16.5. The van der Waals surface area contributed by atoms with E-state index in [9.17, 15) is 14.4 Å². The van der Waals surface area contributed by atoms with Crippen LogP contribution in [0.4, 0.5) is 4.79 Å². The number of carbonyl (C=O) groups excluding carboxylic acids is 3. The van der Waals surface area contributed by atoms with Crippen molar-refractivity contribution >= 4 is 18.0 Å². The van der Waals surface area contributed by atoms with E-state index >= 15 is 0 Å². The fourth-order valence-corrected chi connectivity index (χ4v) is 3.96. The van der Waals surface area contributed by atoms with E-state index in [1.807, 2.05) is 54.6 Å². The third-order valence-corrected chi connectivity index (χ3v) is 5.82. The summed E-state index contributed by atoms with van der Waals surface area (Å²) in [6.07, 6.45) is 1.65. The minimum absolute atomic E-state index is 0.0931. The molecule has 2 aromatic rings. The number of nitriles is 1. The molecule has 0 aromatic heterocycles. The Labute approximate surface area is 199 Å². The molecule has 2 amide bonds. The molecule has 0 spiro atoms. The van der Waals surface area contributed by atoms with Gasteiger partial charge >= 0.3 is 12.1 Å². The molecule has 8 nitrogen and oxygen atoms in total. The Kier molecular flexibility index (Phi) is 9.04. The van der Waals surface area contributed by atoms with Gasteiger partial charge in [-0.15, -0.1) is 0 Å². The average molecular weight is 464 g/mol. The van der Waals surface area contributed by atoms with E-state index in [1.165, 1.54) is 12.0 Å². The van der Waals surface area contributed by atoms with Crippen LogP contribution >= 0.6 is 0 Å². The summed E-state index contributed by atoms with van der Waals surface area (Å²) in [6, 6.07) is 17.3. The van der Waals surface area contributed by atoms with E-state index in [4.69, 9.17) is 14.7 Å². The van der Waals surface area contributed by atoms with E-state index in [0.29, 0.717) is 32.1 Å². The number of hydrogen-bond donors (Lipinski definition) is 1. The molecule has 2 aromatic carbocycles. The predicted octanol–water partition coefficient (Wildman–Crippen LogP) is 3.49. The Balaban J connectivity index is 1.74. The van der Waals surface area contributed by atoms with Crippen molar-refractivity contribution in [3.63, 3.8) is 0 Å². The van der Waals surface area contributed by atoms with Crippen LogP contribution in [0, 0.1) is 11.3 Å². The van der Waals surface area contributed by atoms with E-state index in [1.54, 1.807) is 0 Å². The molecule has 178 valence electrons. The van der Waals surface area contributed by atoms with Crippen LogP contribution in [0.25, 0.3) is 0 Å². The second-order valence-electron chi connectivity index (χ2n) is 8.14. The molecule has 0 unspecified atom stereocenters. The highest BCUT2D eigenvalue weighted by atomic mass is 16.6. The van der Waals surface area contributed by atoms with Crippen LogP contribution in [-0.4, -0.2) is 42.1 Å². The first-order valence-corrected chi connectivity index (χ1v) is 11.3. The minimum Gasteiger partial charge on any atom is -0.467 e. The van der Waals surface area contributed by atoms with Gasteiger partial charge in [0.2, 0.25) is 5.91 Å². The van der Waals surface area contributed by atoms with Crippen molar-refractivity contribution in [3.8, 4) is 6.07 Å². The van der Waals surface area contributed by atoms with Crippen LogP contribution in [-0.2, 0) is 38.6 Å². The van der Waals surface area contributed by atoms with Crippen molar-refractivity contribution < 1.29 is 23.9 Å².